The number of nitriles is 1. The second kappa shape index (κ2) is 2.52. The smallest absolute Gasteiger partial charge is 0.262 e. The molecule has 0 unspecified atom stereocenters. The van der Waals surface area contributed by atoms with Crippen LogP contribution in [0.1, 0.15) is 11.3 Å². The molecule has 0 aliphatic rings. The predicted octanol–water partition coefficient (Wildman–Crippen LogP) is 1.11. The van der Waals surface area contributed by atoms with E-state index in [0.29, 0.717) is 4.68 Å². The molecule has 0 aromatic carbocycles. The summed E-state index contributed by atoms with van der Waals surface area (Å²) in [6.45, 7) is 0. The third kappa shape index (κ3) is 1.25. The van der Waals surface area contributed by atoms with Crippen molar-refractivity contribution in [1.82, 2.24) is 9.78 Å². The van der Waals surface area contributed by atoms with Crippen molar-refractivity contribution in [3.8, 4) is 6.07 Å². The molecule has 0 saturated carbocycles. The maximum Gasteiger partial charge on any atom is 0.434 e. The van der Waals surface area contributed by atoms with Crippen LogP contribution in [0.5, 0.6) is 0 Å². The van der Waals surface area contributed by atoms with Gasteiger partial charge in [0.2, 0.25) is 0 Å². The standard InChI is InChI=1S/C6H3F3N3/c1-12-5(6(7,8)9)4(2-10)3-11-12/h1H3. The van der Waals surface area contributed by atoms with E-state index in [4.69, 9.17) is 5.26 Å². The molecule has 0 aliphatic heterocycles. The van der Waals surface area contributed by atoms with Gasteiger partial charge in [-0.25, -0.2) is 0 Å². The highest BCUT2D eigenvalue weighted by Gasteiger charge is 2.37. The normalized spacial score (nSPS) is 11.2. The first kappa shape index (κ1) is 8.59. The lowest BCUT2D eigenvalue weighted by Crippen LogP contribution is -2.13. The van der Waals surface area contributed by atoms with Crippen LogP contribution in [0.3, 0.4) is 0 Å². The Labute approximate surface area is 66.0 Å². The van der Waals surface area contributed by atoms with Crippen LogP contribution in [0, 0.1) is 17.5 Å². The zero-order chi connectivity index (χ0) is 9.35. The molecule has 12 heavy (non-hydrogen) atoms. The lowest BCUT2D eigenvalue weighted by atomic mass is 10.2. The van der Waals surface area contributed by atoms with Gasteiger partial charge in [-0.05, 0) is 0 Å². The lowest BCUT2D eigenvalue weighted by molar-refractivity contribution is -0.143. The van der Waals surface area contributed by atoms with Crippen molar-refractivity contribution in [3.05, 3.63) is 17.5 Å². The van der Waals surface area contributed by atoms with Gasteiger partial charge < -0.3 is 0 Å². The number of rotatable bonds is 0. The van der Waals surface area contributed by atoms with E-state index in [1.165, 1.54) is 6.07 Å². The maximum absolute atomic E-state index is 12.1. The molecule has 0 aliphatic carbocycles. The maximum atomic E-state index is 12.1. The highest BCUT2D eigenvalue weighted by atomic mass is 19.4. The van der Waals surface area contributed by atoms with Gasteiger partial charge in [-0.1, -0.05) is 0 Å². The van der Waals surface area contributed by atoms with Crippen molar-refractivity contribution in [2.45, 2.75) is 6.18 Å². The number of hydrogen-bond acceptors (Lipinski definition) is 2. The molecule has 1 heterocycles. The van der Waals surface area contributed by atoms with Crippen molar-refractivity contribution in [2.24, 2.45) is 7.05 Å². The molecule has 0 amide bonds. The summed E-state index contributed by atoms with van der Waals surface area (Å²) in [5, 5.41) is 11.5. The van der Waals surface area contributed by atoms with Gasteiger partial charge in [0.25, 0.3) is 0 Å². The van der Waals surface area contributed by atoms with Gasteiger partial charge in [-0.15, -0.1) is 0 Å². The minimum atomic E-state index is -4.55. The minimum absolute atomic E-state index is 0.579. The average Bonchev–Trinajstić information content (AvgIpc) is 2.29. The van der Waals surface area contributed by atoms with Crippen LogP contribution in [0.25, 0.3) is 0 Å². The van der Waals surface area contributed by atoms with Crippen LogP contribution in [0.2, 0.25) is 0 Å². The summed E-state index contributed by atoms with van der Waals surface area (Å²) in [6, 6.07) is 1.36. The number of nitrogens with zero attached hydrogens (tertiary/aromatic N) is 3. The summed E-state index contributed by atoms with van der Waals surface area (Å²) < 4.78 is 36.9. The molecule has 0 saturated heterocycles. The molecule has 1 aromatic heterocycles. The Hall–Kier alpha value is -1.51. The van der Waals surface area contributed by atoms with Crippen molar-refractivity contribution in [1.29, 1.82) is 5.26 Å². The summed E-state index contributed by atoms with van der Waals surface area (Å²) >= 11 is 0. The summed E-state index contributed by atoms with van der Waals surface area (Å²) in [5.74, 6) is 0. The Kier molecular flexibility index (Phi) is 1.80. The van der Waals surface area contributed by atoms with Crippen LogP contribution in [-0.2, 0) is 13.2 Å². The molecule has 0 fully saturated rings. The largest absolute Gasteiger partial charge is 0.434 e. The molecule has 1 rings (SSSR count). The van der Waals surface area contributed by atoms with Gasteiger partial charge in [0.05, 0.1) is 0 Å². The monoisotopic (exact) mass is 174 g/mol. The highest BCUT2D eigenvalue weighted by Crippen LogP contribution is 2.30. The molecule has 1 aromatic rings. The fraction of sp³-hybridized carbons (Fsp3) is 0.333. The molecular formula is C6H3F3N3. The highest BCUT2D eigenvalue weighted by molar-refractivity contribution is 5.32. The molecule has 0 atom stereocenters. The summed E-state index contributed by atoms with van der Waals surface area (Å²) in [5.41, 5.74) is -1.64. The van der Waals surface area contributed by atoms with Crippen LogP contribution in [0.15, 0.2) is 0 Å². The van der Waals surface area contributed by atoms with Crippen LogP contribution in [0.4, 0.5) is 13.2 Å². The Balaban J connectivity index is 3.32. The van der Waals surface area contributed by atoms with Crippen molar-refractivity contribution < 1.29 is 13.2 Å². The quantitative estimate of drug-likeness (QED) is 0.591. The van der Waals surface area contributed by atoms with Crippen LogP contribution < -0.4 is 0 Å². The van der Waals surface area contributed by atoms with E-state index in [2.05, 4.69) is 5.10 Å². The summed E-state index contributed by atoms with van der Waals surface area (Å²) in [7, 11) is 1.11. The third-order valence-electron chi connectivity index (χ3n) is 1.25. The Morgan fingerprint density at radius 2 is 2.17 bits per heavy atom. The van der Waals surface area contributed by atoms with E-state index >= 15 is 0 Å². The Morgan fingerprint density at radius 1 is 1.58 bits per heavy atom. The van der Waals surface area contributed by atoms with Gasteiger partial charge in [0, 0.05) is 7.05 Å². The first-order chi connectivity index (χ1) is 5.46. The molecule has 1 radical (unpaired) electrons. The number of aryl methyl sites for hydroxylation is 1. The fourth-order valence-corrected chi connectivity index (χ4v) is 0.793. The second-order valence-electron chi connectivity index (χ2n) is 2.07. The Bertz CT molecular complexity index is 331. The van der Waals surface area contributed by atoms with Gasteiger partial charge in [0.15, 0.2) is 5.69 Å². The van der Waals surface area contributed by atoms with E-state index in [1.54, 1.807) is 0 Å². The molecular weight excluding hydrogens is 171 g/mol. The Morgan fingerprint density at radius 3 is 2.50 bits per heavy atom. The predicted molar refractivity (Wildman–Crippen MR) is 31.8 cm³/mol. The number of halogens is 3. The fourth-order valence-electron chi connectivity index (χ4n) is 0.793. The average molecular weight is 174 g/mol. The zero-order valence-electron chi connectivity index (χ0n) is 5.98. The van der Waals surface area contributed by atoms with Gasteiger partial charge in [-0.3, -0.25) is 4.68 Å². The second-order valence-corrected chi connectivity index (χ2v) is 2.07. The topological polar surface area (TPSA) is 41.6 Å². The zero-order valence-corrected chi connectivity index (χ0v) is 5.98. The summed E-state index contributed by atoms with van der Waals surface area (Å²) in [6.07, 6.45) is -2.59. The van der Waals surface area contributed by atoms with Gasteiger partial charge >= 0.3 is 6.18 Å². The lowest BCUT2D eigenvalue weighted by Gasteiger charge is -2.05. The van der Waals surface area contributed by atoms with E-state index in [9.17, 15) is 13.2 Å². The summed E-state index contributed by atoms with van der Waals surface area (Å²) in [4.78, 5) is 0. The first-order valence-electron chi connectivity index (χ1n) is 2.88. The third-order valence-corrected chi connectivity index (χ3v) is 1.25. The van der Waals surface area contributed by atoms with E-state index in [-0.39, 0.29) is 0 Å². The van der Waals surface area contributed by atoms with Crippen molar-refractivity contribution in [2.75, 3.05) is 0 Å². The van der Waals surface area contributed by atoms with E-state index < -0.39 is 17.4 Å². The molecule has 0 bridgehead atoms. The number of aromatic nitrogens is 2. The minimum Gasteiger partial charge on any atom is -0.262 e. The van der Waals surface area contributed by atoms with E-state index in [1.807, 2.05) is 6.20 Å². The SMILES string of the molecule is Cn1n[c]c(C#N)c1C(F)(F)F. The number of hydrogen-bond donors (Lipinski definition) is 0. The van der Waals surface area contributed by atoms with E-state index in [0.717, 1.165) is 7.05 Å². The molecule has 3 nitrogen and oxygen atoms in total. The molecule has 63 valence electrons. The van der Waals surface area contributed by atoms with Crippen LogP contribution in [-0.4, -0.2) is 9.78 Å². The first-order valence-corrected chi connectivity index (χ1v) is 2.88. The van der Waals surface area contributed by atoms with Crippen LogP contribution >= 0.6 is 0 Å². The molecule has 6 heteroatoms. The molecule has 0 N–H and O–H groups in total. The number of alkyl halides is 3. The van der Waals surface area contributed by atoms with Gasteiger partial charge in [-0.2, -0.15) is 23.5 Å². The van der Waals surface area contributed by atoms with Gasteiger partial charge in [0.1, 0.15) is 17.8 Å². The van der Waals surface area contributed by atoms with Crippen molar-refractivity contribution in [3.63, 3.8) is 0 Å². The van der Waals surface area contributed by atoms with Crippen molar-refractivity contribution >= 4 is 0 Å². The molecule has 0 spiro atoms.